The zero-order valence-electron chi connectivity index (χ0n) is 8.33. The molecule has 1 aromatic rings. The van der Waals surface area contributed by atoms with Crippen LogP contribution in [-0.2, 0) is 6.54 Å². The van der Waals surface area contributed by atoms with E-state index in [1.54, 1.807) is 4.57 Å². The molecular weight excluding hydrogens is 184 g/mol. The predicted octanol–water partition coefficient (Wildman–Crippen LogP) is 1.30. The van der Waals surface area contributed by atoms with Gasteiger partial charge in [0.05, 0.1) is 0 Å². The summed E-state index contributed by atoms with van der Waals surface area (Å²) < 4.78 is 1.80. The molecule has 1 aromatic heterocycles. The number of aryl methyl sites for hydroxylation is 1. The van der Waals surface area contributed by atoms with Crippen LogP contribution < -0.4 is 10.6 Å². The number of rotatable bonds is 3. The maximum absolute atomic E-state index is 11.5. The molecule has 0 bridgehead atoms. The monoisotopic (exact) mass is 200 g/mol. The minimum absolute atomic E-state index is 0.117. The lowest BCUT2D eigenvalue weighted by molar-refractivity contribution is 0.627. The van der Waals surface area contributed by atoms with Crippen LogP contribution in [0.1, 0.15) is 30.3 Å². The highest BCUT2D eigenvalue weighted by Gasteiger charge is 2.13. The van der Waals surface area contributed by atoms with Gasteiger partial charge in [-0.25, -0.2) is 0 Å². The van der Waals surface area contributed by atoms with Gasteiger partial charge in [0.1, 0.15) is 0 Å². The molecule has 0 saturated heterocycles. The van der Waals surface area contributed by atoms with E-state index in [-0.39, 0.29) is 4.87 Å². The van der Waals surface area contributed by atoms with Gasteiger partial charge in [0.2, 0.25) is 0 Å². The van der Waals surface area contributed by atoms with Crippen LogP contribution in [0, 0.1) is 6.92 Å². The Balaban J connectivity index is 3.21. The lowest BCUT2D eigenvalue weighted by atomic mass is 10.1. The fraction of sp³-hybridized carbons (Fsp3) is 0.667. The van der Waals surface area contributed by atoms with Gasteiger partial charge in [-0.15, -0.1) is 0 Å². The van der Waals surface area contributed by atoms with E-state index in [0.29, 0.717) is 19.0 Å². The first-order valence-corrected chi connectivity index (χ1v) is 5.29. The third-order valence-electron chi connectivity index (χ3n) is 2.01. The normalized spacial score (nSPS) is 11.2. The maximum atomic E-state index is 11.5. The number of hydrogen-bond acceptors (Lipinski definition) is 3. The molecule has 0 aromatic carbocycles. The molecule has 1 rings (SSSR count). The van der Waals surface area contributed by atoms with Crippen molar-refractivity contribution in [3.63, 3.8) is 0 Å². The molecule has 0 spiro atoms. The Morgan fingerprint density at radius 2 is 2.15 bits per heavy atom. The van der Waals surface area contributed by atoms with E-state index in [4.69, 9.17) is 5.73 Å². The number of aromatic nitrogens is 1. The van der Waals surface area contributed by atoms with E-state index in [2.05, 4.69) is 13.8 Å². The smallest absolute Gasteiger partial charge is 0.307 e. The molecule has 1 heterocycles. The molecule has 13 heavy (non-hydrogen) atoms. The molecule has 74 valence electrons. The van der Waals surface area contributed by atoms with Crippen LogP contribution in [0.25, 0.3) is 0 Å². The minimum Gasteiger partial charge on any atom is -0.329 e. The molecule has 2 N–H and O–H groups in total. The fourth-order valence-electron chi connectivity index (χ4n) is 1.59. The standard InChI is InChI=1S/C9H16N2OS/c1-6(2)8-7(3)13-9(12)11(8)5-4-10/h6H,4-5,10H2,1-3H3. The SMILES string of the molecule is Cc1sc(=O)n(CCN)c1C(C)C. The molecule has 0 saturated carbocycles. The first-order chi connectivity index (χ1) is 6.07. The Labute approximate surface area is 82.2 Å². The summed E-state index contributed by atoms with van der Waals surface area (Å²) >= 11 is 1.32. The van der Waals surface area contributed by atoms with E-state index in [1.807, 2.05) is 6.92 Å². The van der Waals surface area contributed by atoms with E-state index < -0.39 is 0 Å². The van der Waals surface area contributed by atoms with Crippen molar-refractivity contribution in [1.82, 2.24) is 4.57 Å². The average Bonchev–Trinajstić information content (AvgIpc) is 2.27. The quantitative estimate of drug-likeness (QED) is 0.799. The van der Waals surface area contributed by atoms with Gasteiger partial charge in [0.15, 0.2) is 0 Å². The number of nitrogens with zero attached hydrogens (tertiary/aromatic N) is 1. The Morgan fingerprint density at radius 3 is 2.62 bits per heavy atom. The third-order valence-corrected chi connectivity index (χ3v) is 2.92. The second-order valence-corrected chi connectivity index (χ2v) is 4.57. The summed E-state index contributed by atoms with van der Waals surface area (Å²) in [5.74, 6) is 0.394. The topological polar surface area (TPSA) is 48.0 Å². The minimum atomic E-state index is 0.117. The van der Waals surface area contributed by atoms with Crippen molar-refractivity contribution in [2.45, 2.75) is 33.2 Å². The molecule has 0 aliphatic carbocycles. The first-order valence-electron chi connectivity index (χ1n) is 4.48. The molecular formula is C9H16N2OS. The lowest BCUT2D eigenvalue weighted by Crippen LogP contribution is -2.21. The number of thiazole rings is 1. The van der Waals surface area contributed by atoms with Crippen LogP contribution in [0.2, 0.25) is 0 Å². The first kappa shape index (κ1) is 10.5. The maximum Gasteiger partial charge on any atom is 0.307 e. The average molecular weight is 200 g/mol. The van der Waals surface area contributed by atoms with E-state index in [9.17, 15) is 4.79 Å². The van der Waals surface area contributed by atoms with Crippen LogP contribution in [0.15, 0.2) is 4.79 Å². The van der Waals surface area contributed by atoms with Crippen molar-refractivity contribution in [1.29, 1.82) is 0 Å². The van der Waals surface area contributed by atoms with Gasteiger partial charge in [-0.3, -0.25) is 4.79 Å². The molecule has 0 radical (unpaired) electrons. The molecule has 0 aliphatic heterocycles. The van der Waals surface area contributed by atoms with Gasteiger partial charge in [0.25, 0.3) is 0 Å². The summed E-state index contributed by atoms with van der Waals surface area (Å²) in [5, 5.41) is 0. The van der Waals surface area contributed by atoms with Crippen molar-refractivity contribution in [2.75, 3.05) is 6.54 Å². The van der Waals surface area contributed by atoms with Crippen LogP contribution in [0.4, 0.5) is 0 Å². The second kappa shape index (κ2) is 4.07. The highest BCUT2D eigenvalue weighted by atomic mass is 32.1. The molecule has 0 unspecified atom stereocenters. The van der Waals surface area contributed by atoms with Gasteiger partial charge in [0, 0.05) is 23.7 Å². The Bertz CT molecular complexity index is 338. The Kier molecular flexibility index (Phi) is 3.27. The van der Waals surface area contributed by atoms with Crippen molar-refractivity contribution in [2.24, 2.45) is 5.73 Å². The van der Waals surface area contributed by atoms with Crippen molar-refractivity contribution in [3.05, 3.63) is 20.2 Å². The zero-order valence-corrected chi connectivity index (χ0v) is 9.15. The van der Waals surface area contributed by atoms with Gasteiger partial charge in [-0.05, 0) is 12.8 Å². The van der Waals surface area contributed by atoms with Crippen LogP contribution in [0.3, 0.4) is 0 Å². The van der Waals surface area contributed by atoms with Crippen LogP contribution in [0.5, 0.6) is 0 Å². The van der Waals surface area contributed by atoms with E-state index in [0.717, 1.165) is 10.6 Å². The summed E-state index contributed by atoms with van der Waals surface area (Å²) in [6.45, 7) is 7.35. The van der Waals surface area contributed by atoms with Crippen LogP contribution >= 0.6 is 11.3 Å². The van der Waals surface area contributed by atoms with Gasteiger partial charge < -0.3 is 10.3 Å². The summed E-state index contributed by atoms with van der Waals surface area (Å²) in [6, 6.07) is 0. The summed E-state index contributed by atoms with van der Waals surface area (Å²) in [4.78, 5) is 12.7. The highest BCUT2D eigenvalue weighted by molar-refractivity contribution is 7.09. The summed E-state index contributed by atoms with van der Waals surface area (Å²) in [5.41, 5.74) is 6.59. The van der Waals surface area contributed by atoms with E-state index >= 15 is 0 Å². The molecule has 4 heteroatoms. The molecule has 3 nitrogen and oxygen atoms in total. The number of hydrogen-bond donors (Lipinski definition) is 1. The Hall–Kier alpha value is -0.610. The van der Waals surface area contributed by atoms with Crippen molar-refractivity contribution >= 4 is 11.3 Å². The number of nitrogens with two attached hydrogens (primary N) is 1. The highest BCUT2D eigenvalue weighted by Crippen LogP contribution is 2.20. The predicted molar refractivity (Wildman–Crippen MR) is 56.5 cm³/mol. The van der Waals surface area contributed by atoms with Gasteiger partial charge in [-0.1, -0.05) is 25.2 Å². The van der Waals surface area contributed by atoms with Crippen molar-refractivity contribution in [3.8, 4) is 0 Å². The van der Waals surface area contributed by atoms with Gasteiger partial charge in [-0.2, -0.15) is 0 Å². The second-order valence-electron chi connectivity index (χ2n) is 3.40. The largest absolute Gasteiger partial charge is 0.329 e. The Morgan fingerprint density at radius 1 is 1.54 bits per heavy atom. The fourth-order valence-corrected chi connectivity index (χ4v) is 2.60. The van der Waals surface area contributed by atoms with Crippen molar-refractivity contribution < 1.29 is 0 Å². The zero-order chi connectivity index (χ0) is 10.0. The summed E-state index contributed by atoms with van der Waals surface area (Å²) in [7, 11) is 0. The third kappa shape index (κ3) is 2.00. The van der Waals surface area contributed by atoms with Crippen LogP contribution in [-0.4, -0.2) is 11.1 Å². The molecule has 0 fully saturated rings. The molecule has 0 aliphatic rings. The molecule has 0 atom stereocenters. The van der Waals surface area contributed by atoms with E-state index in [1.165, 1.54) is 11.3 Å². The van der Waals surface area contributed by atoms with Gasteiger partial charge >= 0.3 is 4.87 Å². The molecule has 0 amide bonds. The lowest BCUT2D eigenvalue weighted by Gasteiger charge is -2.10. The summed E-state index contributed by atoms with van der Waals surface area (Å²) in [6.07, 6.45) is 0.